The number of β-amino-alcohol motifs (C(OH)–C–C–N with tert-alkyl or cyclic N) is 1. The minimum absolute atomic E-state index is 0.123. The average Bonchev–Trinajstić information content (AvgIpc) is 3.06. The van der Waals surface area contributed by atoms with Gasteiger partial charge in [-0.05, 0) is 48.4 Å². The summed E-state index contributed by atoms with van der Waals surface area (Å²) in [7, 11) is 0. The molecule has 0 bridgehead atoms. The van der Waals surface area contributed by atoms with Gasteiger partial charge >= 0.3 is 6.36 Å². The van der Waals surface area contributed by atoms with Crippen LogP contribution in [0.5, 0.6) is 5.75 Å². The fourth-order valence-electron chi connectivity index (χ4n) is 2.94. The van der Waals surface area contributed by atoms with Crippen molar-refractivity contribution >= 4 is 5.91 Å². The molecule has 2 aromatic rings. The predicted octanol–water partition coefficient (Wildman–Crippen LogP) is 2.71. The molecule has 1 heterocycles. The van der Waals surface area contributed by atoms with Crippen LogP contribution in [0.15, 0.2) is 48.5 Å². The summed E-state index contributed by atoms with van der Waals surface area (Å²) in [6.45, 7) is 1.23. The lowest BCUT2D eigenvalue weighted by atomic mass is 10.0. The molecule has 0 aromatic heterocycles. The van der Waals surface area contributed by atoms with E-state index in [2.05, 4.69) is 15.4 Å². The van der Waals surface area contributed by atoms with Gasteiger partial charge in [-0.15, -0.1) is 13.2 Å². The first-order chi connectivity index (χ1) is 12.7. The van der Waals surface area contributed by atoms with Gasteiger partial charge in [0.05, 0.1) is 5.60 Å². The number of carbonyl (C=O) groups is 1. The number of hydrogen-bond donors (Lipinski definition) is 3. The van der Waals surface area contributed by atoms with Gasteiger partial charge in [0.15, 0.2) is 0 Å². The molecule has 5 nitrogen and oxygen atoms in total. The van der Waals surface area contributed by atoms with Crippen molar-refractivity contribution in [1.82, 2.24) is 10.6 Å². The first-order valence-corrected chi connectivity index (χ1v) is 8.42. The molecule has 0 aliphatic carbocycles. The minimum atomic E-state index is -4.77. The topological polar surface area (TPSA) is 70.6 Å². The van der Waals surface area contributed by atoms with E-state index in [1.807, 2.05) is 0 Å². The number of halogens is 3. The molecule has 3 rings (SSSR count). The summed E-state index contributed by atoms with van der Waals surface area (Å²) in [6, 6.07) is 12.1. The molecule has 3 N–H and O–H groups in total. The van der Waals surface area contributed by atoms with E-state index < -0.39 is 12.0 Å². The second-order valence-corrected chi connectivity index (χ2v) is 6.49. The maximum Gasteiger partial charge on any atom is 0.573 e. The van der Waals surface area contributed by atoms with Crippen LogP contribution in [0.4, 0.5) is 13.2 Å². The maximum absolute atomic E-state index is 12.4. The van der Waals surface area contributed by atoms with Crippen LogP contribution in [0.3, 0.4) is 0 Å². The lowest BCUT2D eigenvalue weighted by molar-refractivity contribution is -0.274. The highest BCUT2D eigenvalue weighted by Crippen LogP contribution is 2.28. The van der Waals surface area contributed by atoms with Gasteiger partial charge in [-0.25, -0.2) is 0 Å². The molecule has 8 heteroatoms. The third kappa shape index (κ3) is 5.21. The summed E-state index contributed by atoms with van der Waals surface area (Å²) in [6.07, 6.45) is -4.21. The molecule has 0 saturated carbocycles. The first kappa shape index (κ1) is 19.2. The average molecular weight is 380 g/mol. The smallest absolute Gasteiger partial charge is 0.406 e. The Bertz CT molecular complexity index is 818. The van der Waals surface area contributed by atoms with Crippen molar-refractivity contribution in [2.24, 2.45) is 0 Å². The van der Waals surface area contributed by atoms with Crippen LogP contribution < -0.4 is 15.4 Å². The van der Waals surface area contributed by atoms with E-state index in [0.717, 1.165) is 0 Å². The number of nitrogens with one attached hydrogen (secondary N) is 2. The van der Waals surface area contributed by atoms with Crippen LogP contribution in [0.1, 0.15) is 16.8 Å². The summed E-state index contributed by atoms with van der Waals surface area (Å²) in [4.78, 5) is 12.4. The third-order valence-electron chi connectivity index (χ3n) is 4.32. The zero-order valence-electron chi connectivity index (χ0n) is 14.3. The predicted molar refractivity (Wildman–Crippen MR) is 93.3 cm³/mol. The van der Waals surface area contributed by atoms with Gasteiger partial charge in [-0.2, -0.15) is 0 Å². The Hall–Kier alpha value is -2.58. The summed E-state index contributed by atoms with van der Waals surface area (Å²) < 4.78 is 41.1. The highest BCUT2D eigenvalue weighted by atomic mass is 19.4. The molecule has 0 radical (unpaired) electrons. The quantitative estimate of drug-likeness (QED) is 0.746. The van der Waals surface area contributed by atoms with E-state index in [0.29, 0.717) is 36.2 Å². The second-order valence-electron chi connectivity index (χ2n) is 6.49. The monoisotopic (exact) mass is 380 g/mol. The largest absolute Gasteiger partial charge is 0.573 e. The molecule has 1 aliphatic heterocycles. The SMILES string of the molecule is O=C(NC[C@]1(O)CCNC1)c1cccc(-c2cccc(OC(F)(F)F)c2)c1. The van der Waals surface area contributed by atoms with Gasteiger partial charge in [0.25, 0.3) is 5.91 Å². The summed E-state index contributed by atoms with van der Waals surface area (Å²) in [5, 5.41) is 16.0. The van der Waals surface area contributed by atoms with E-state index in [9.17, 15) is 23.1 Å². The molecular formula is C19H19F3N2O3. The molecule has 1 saturated heterocycles. The lowest BCUT2D eigenvalue weighted by Crippen LogP contribution is -2.44. The van der Waals surface area contributed by atoms with Crippen molar-refractivity contribution in [3.05, 3.63) is 54.1 Å². The molecule has 0 spiro atoms. The Morgan fingerprint density at radius 1 is 1.19 bits per heavy atom. The molecule has 0 unspecified atom stereocenters. The maximum atomic E-state index is 12.4. The summed E-state index contributed by atoms with van der Waals surface area (Å²) in [5.74, 6) is -0.689. The Balaban J connectivity index is 1.73. The third-order valence-corrected chi connectivity index (χ3v) is 4.32. The van der Waals surface area contributed by atoms with Gasteiger partial charge in [0, 0.05) is 18.7 Å². The number of carbonyl (C=O) groups excluding carboxylic acids is 1. The van der Waals surface area contributed by atoms with Crippen molar-refractivity contribution in [3.63, 3.8) is 0 Å². The molecule has 1 fully saturated rings. The van der Waals surface area contributed by atoms with Crippen LogP contribution in [0.2, 0.25) is 0 Å². The van der Waals surface area contributed by atoms with Crippen molar-refractivity contribution in [2.45, 2.75) is 18.4 Å². The molecule has 1 amide bonds. The highest BCUT2D eigenvalue weighted by Gasteiger charge is 2.32. The lowest BCUT2D eigenvalue weighted by Gasteiger charge is -2.21. The van der Waals surface area contributed by atoms with Gasteiger partial charge in [-0.3, -0.25) is 4.79 Å². The Kier molecular flexibility index (Phi) is 5.38. The van der Waals surface area contributed by atoms with Crippen LogP contribution in [0, 0.1) is 0 Å². The number of alkyl halides is 3. The number of aliphatic hydroxyl groups is 1. The second kappa shape index (κ2) is 7.58. The molecule has 2 aromatic carbocycles. The number of rotatable bonds is 5. The molecule has 144 valence electrons. The molecular weight excluding hydrogens is 361 g/mol. The van der Waals surface area contributed by atoms with Gasteiger partial charge in [-0.1, -0.05) is 24.3 Å². The molecule has 1 aliphatic rings. The van der Waals surface area contributed by atoms with E-state index in [-0.39, 0.29) is 18.2 Å². The van der Waals surface area contributed by atoms with Crippen LogP contribution >= 0.6 is 0 Å². The van der Waals surface area contributed by atoms with E-state index in [1.165, 1.54) is 18.2 Å². The Labute approximate surface area is 154 Å². The van der Waals surface area contributed by atoms with Crippen LogP contribution in [-0.4, -0.2) is 42.6 Å². The zero-order valence-corrected chi connectivity index (χ0v) is 14.3. The number of amides is 1. The van der Waals surface area contributed by atoms with E-state index >= 15 is 0 Å². The number of ether oxygens (including phenoxy) is 1. The normalized spacial score (nSPS) is 19.7. The Morgan fingerprint density at radius 3 is 2.56 bits per heavy atom. The van der Waals surface area contributed by atoms with Crippen molar-refractivity contribution in [3.8, 4) is 16.9 Å². The highest BCUT2D eigenvalue weighted by molar-refractivity contribution is 5.95. The molecule has 27 heavy (non-hydrogen) atoms. The summed E-state index contributed by atoms with van der Waals surface area (Å²) in [5.41, 5.74) is 0.460. The zero-order chi connectivity index (χ0) is 19.5. The van der Waals surface area contributed by atoms with Gasteiger partial charge in [0.1, 0.15) is 5.75 Å². The summed E-state index contributed by atoms with van der Waals surface area (Å²) >= 11 is 0. The standard InChI is InChI=1S/C19H19F3N2O3/c20-19(21,22)27-16-6-2-4-14(10-16)13-3-1-5-15(9-13)17(25)24-12-18(26)7-8-23-11-18/h1-6,9-10,23,26H,7-8,11-12H2,(H,24,25)/t18-/m0/s1. The first-order valence-electron chi connectivity index (χ1n) is 8.42. The van der Waals surface area contributed by atoms with E-state index in [1.54, 1.807) is 30.3 Å². The molecule has 1 atom stereocenters. The Morgan fingerprint density at radius 2 is 1.89 bits per heavy atom. The van der Waals surface area contributed by atoms with Crippen molar-refractivity contribution in [2.75, 3.05) is 19.6 Å². The van der Waals surface area contributed by atoms with Crippen molar-refractivity contribution in [1.29, 1.82) is 0 Å². The van der Waals surface area contributed by atoms with Gasteiger partial charge in [0.2, 0.25) is 0 Å². The van der Waals surface area contributed by atoms with Gasteiger partial charge < -0.3 is 20.5 Å². The number of hydrogen-bond acceptors (Lipinski definition) is 4. The fraction of sp³-hybridized carbons (Fsp3) is 0.316. The minimum Gasteiger partial charge on any atom is -0.406 e. The number of benzene rings is 2. The van der Waals surface area contributed by atoms with Crippen molar-refractivity contribution < 1.29 is 27.8 Å². The van der Waals surface area contributed by atoms with Crippen LogP contribution in [-0.2, 0) is 0 Å². The van der Waals surface area contributed by atoms with E-state index in [4.69, 9.17) is 0 Å². The van der Waals surface area contributed by atoms with Crippen LogP contribution in [0.25, 0.3) is 11.1 Å². The fourth-order valence-corrected chi connectivity index (χ4v) is 2.94.